The number of anilines is 1. The normalized spacial score (nSPS) is 15.6. The number of rotatable bonds is 4. The highest BCUT2D eigenvalue weighted by Gasteiger charge is 2.27. The van der Waals surface area contributed by atoms with Crippen molar-refractivity contribution in [2.24, 2.45) is 19.1 Å². The minimum Gasteiger partial charge on any atom is -0.356 e. The minimum absolute atomic E-state index is 0.0520. The number of piperazine rings is 1. The molecular formula is C18H28N8O. The van der Waals surface area contributed by atoms with E-state index in [2.05, 4.69) is 27.4 Å². The first-order chi connectivity index (χ1) is 12.9. The molecule has 1 amide bonds. The predicted octanol–water partition coefficient (Wildman–Crippen LogP) is 0.237. The van der Waals surface area contributed by atoms with Crippen LogP contribution in [0, 0.1) is 13.8 Å². The summed E-state index contributed by atoms with van der Waals surface area (Å²) >= 11 is 0. The lowest BCUT2D eigenvalue weighted by atomic mass is 10.1. The van der Waals surface area contributed by atoms with E-state index in [4.69, 9.17) is 0 Å². The second-order valence-electron chi connectivity index (χ2n) is 6.84. The van der Waals surface area contributed by atoms with E-state index in [1.165, 1.54) is 11.3 Å². The van der Waals surface area contributed by atoms with Crippen LogP contribution in [0.25, 0.3) is 0 Å². The van der Waals surface area contributed by atoms with Crippen molar-refractivity contribution in [3.63, 3.8) is 0 Å². The summed E-state index contributed by atoms with van der Waals surface area (Å²) in [6.45, 7) is 6.52. The van der Waals surface area contributed by atoms with E-state index in [-0.39, 0.29) is 5.91 Å². The Hall–Kier alpha value is -2.84. The lowest BCUT2D eigenvalue weighted by molar-refractivity contribution is -0.120. The summed E-state index contributed by atoms with van der Waals surface area (Å²) in [5.41, 5.74) is 4.35. The van der Waals surface area contributed by atoms with Gasteiger partial charge in [0.1, 0.15) is 6.54 Å². The average Bonchev–Trinajstić information content (AvgIpc) is 3.16. The molecule has 2 aromatic heterocycles. The van der Waals surface area contributed by atoms with Gasteiger partial charge in [-0.3, -0.25) is 19.2 Å². The van der Waals surface area contributed by atoms with Crippen LogP contribution in [-0.4, -0.2) is 69.6 Å². The minimum atomic E-state index is 0.0520. The van der Waals surface area contributed by atoms with Gasteiger partial charge in [-0.25, -0.2) is 0 Å². The molecule has 0 radical (unpaired) electrons. The molecule has 3 rings (SSSR count). The van der Waals surface area contributed by atoms with Gasteiger partial charge in [0.2, 0.25) is 5.91 Å². The number of aliphatic imine (C=N–C) groups is 1. The van der Waals surface area contributed by atoms with Gasteiger partial charge >= 0.3 is 0 Å². The predicted molar refractivity (Wildman–Crippen MR) is 105 cm³/mol. The number of carbonyl (C=O) groups excluding carboxylic acids is 1. The lowest BCUT2D eigenvalue weighted by Gasteiger charge is -2.35. The van der Waals surface area contributed by atoms with Crippen LogP contribution in [-0.2, 0) is 25.3 Å². The monoisotopic (exact) mass is 372 g/mol. The van der Waals surface area contributed by atoms with Crippen LogP contribution in [0.2, 0.25) is 0 Å². The number of hydrogen-bond acceptors (Lipinski definition) is 4. The largest absolute Gasteiger partial charge is 0.356 e. The van der Waals surface area contributed by atoms with E-state index in [1.807, 2.05) is 36.8 Å². The maximum absolute atomic E-state index is 12.6. The zero-order chi connectivity index (χ0) is 19.6. The molecule has 1 saturated heterocycles. The van der Waals surface area contributed by atoms with Crippen LogP contribution in [0.4, 0.5) is 5.69 Å². The number of nitrogens with zero attached hydrogens (tertiary/aromatic N) is 7. The van der Waals surface area contributed by atoms with Crippen molar-refractivity contribution in [1.82, 2.24) is 29.8 Å². The molecule has 0 spiro atoms. The highest BCUT2D eigenvalue weighted by Crippen LogP contribution is 2.16. The Bertz CT molecular complexity index is 850. The van der Waals surface area contributed by atoms with Crippen molar-refractivity contribution in [2.45, 2.75) is 20.3 Å². The highest BCUT2D eigenvalue weighted by atomic mass is 16.2. The number of guanidine groups is 1. The van der Waals surface area contributed by atoms with E-state index < -0.39 is 0 Å². The first-order valence-electron chi connectivity index (χ1n) is 9.14. The number of aryl methyl sites for hydroxylation is 3. The molecule has 146 valence electrons. The molecule has 0 unspecified atom stereocenters. The van der Waals surface area contributed by atoms with Crippen LogP contribution < -0.4 is 10.2 Å². The van der Waals surface area contributed by atoms with Gasteiger partial charge in [0, 0.05) is 52.7 Å². The summed E-state index contributed by atoms with van der Waals surface area (Å²) in [4.78, 5) is 20.7. The highest BCUT2D eigenvalue weighted by molar-refractivity contribution is 5.98. The van der Waals surface area contributed by atoms with Crippen LogP contribution in [0.5, 0.6) is 0 Å². The van der Waals surface area contributed by atoms with Crippen LogP contribution in [0.15, 0.2) is 17.4 Å². The van der Waals surface area contributed by atoms with Gasteiger partial charge in [-0.2, -0.15) is 10.2 Å². The van der Waals surface area contributed by atoms with Gasteiger partial charge in [-0.15, -0.1) is 0 Å². The van der Waals surface area contributed by atoms with Crippen LogP contribution in [0.1, 0.15) is 17.0 Å². The summed E-state index contributed by atoms with van der Waals surface area (Å²) in [5, 5.41) is 12.0. The second kappa shape index (κ2) is 7.81. The third kappa shape index (κ3) is 3.96. The Kier molecular flexibility index (Phi) is 5.48. The molecule has 2 aromatic rings. The maximum atomic E-state index is 12.6. The molecule has 9 nitrogen and oxygen atoms in total. The molecule has 1 fully saturated rings. The maximum Gasteiger partial charge on any atom is 0.246 e. The molecule has 0 atom stereocenters. The van der Waals surface area contributed by atoms with Crippen LogP contribution in [0.3, 0.4) is 0 Å². The molecule has 9 heteroatoms. The Labute approximate surface area is 159 Å². The molecule has 0 saturated carbocycles. The van der Waals surface area contributed by atoms with Gasteiger partial charge in [-0.1, -0.05) is 0 Å². The van der Waals surface area contributed by atoms with E-state index in [1.54, 1.807) is 22.8 Å². The number of carbonyl (C=O) groups is 1. The first-order valence-corrected chi connectivity index (χ1v) is 9.14. The van der Waals surface area contributed by atoms with Crippen molar-refractivity contribution in [1.29, 1.82) is 0 Å². The van der Waals surface area contributed by atoms with Crippen molar-refractivity contribution in [2.75, 3.05) is 38.1 Å². The summed E-state index contributed by atoms with van der Waals surface area (Å²) in [7, 11) is 5.56. The molecule has 1 aliphatic heterocycles. The fourth-order valence-corrected chi connectivity index (χ4v) is 3.49. The Balaban J connectivity index is 1.56. The number of hydrogen-bond donors (Lipinski definition) is 1. The third-order valence-electron chi connectivity index (χ3n) is 5.05. The standard InChI is InChI=1S/C18H28N8O/c1-13-16(14(2)24(5)22-13)6-7-20-18(19-3)25-8-9-26(17(27)12-25)15-10-21-23(4)11-15/h10-11H,6-9,12H2,1-5H3,(H,19,20). The van der Waals surface area contributed by atoms with Gasteiger partial charge in [0.15, 0.2) is 5.96 Å². The fourth-order valence-electron chi connectivity index (χ4n) is 3.49. The van der Waals surface area contributed by atoms with Gasteiger partial charge < -0.3 is 15.1 Å². The average molecular weight is 372 g/mol. The number of amides is 1. The number of nitrogens with one attached hydrogen (secondary N) is 1. The molecule has 27 heavy (non-hydrogen) atoms. The molecule has 0 aliphatic carbocycles. The topological polar surface area (TPSA) is 83.6 Å². The molecular weight excluding hydrogens is 344 g/mol. The zero-order valence-electron chi connectivity index (χ0n) is 16.7. The van der Waals surface area contributed by atoms with E-state index in [9.17, 15) is 4.79 Å². The summed E-state index contributed by atoms with van der Waals surface area (Å²) in [6, 6.07) is 0. The first kappa shape index (κ1) is 18.9. The van der Waals surface area contributed by atoms with Crippen molar-refractivity contribution in [3.05, 3.63) is 29.3 Å². The quantitative estimate of drug-likeness (QED) is 0.614. The summed E-state index contributed by atoms with van der Waals surface area (Å²) in [6.07, 6.45) is 4.45. The molecule has 3 heterocycles. The Morgan fingerprint density at radius 1 is 1.30 bits per heavy atom. The SMILES string of the molecule is CN=C(NCCc1c(C)nn(C)c1C)N1CCN(c2cnn(C)c2)C(=O)C1. The van der Waals surface area contributed by atoms with Gasteiger partial charge in [0.05, 0.1) is 17.6 Å². The molecule has 1 aliphatic rings. The Morgan fingerprint density at radius 2 is 2.07 bits per heavy atom. The Morgan fingerprint density at radius 3 is 2.63 bits per heavy atom. The van der Waals surface area contributed by atoms with Crippen LogP contribution >= 0.6 is 0 Å². The van der Waals surface area contributed by atoms with Crippen molar-refractivity contribution >= 4 is 17.6 Å². The lowest BCUT2D eigenvalue weighted by Crippen LogP contribution is -2.55. The number of aromatic nitrogens is 4. The summed E-state index contributed by atoms with van der Waals surface area (Å²) in [5.74, 6) is 0.810. The van der Waals surface area contributed by atoms with Gasteiger partial charge in [-0.05, 0) is 25.8 Å². The smallest absolute Gasteiger partial charge is 0.246 e. The molecule has 0 bridgehead atoms. The zero-order valence-corrected chi connectivity index (χ0v) is 16.7. The molecule has 0 aromatic carbocycles. The molecule has 1 N–H and O–H groups in total. The van der Waals surface area contributed by atoms with E-state index >= 15 is 0 Å². The summed E-state index contributed by atoms with van der Waals surface area (Å²) < 4.78 is 3.62. The van der Waals surface area contributed by atoms with Gasteiger partial charge in [0.25, 0.3) is 0 Å². The second-order valence-corrected chi connectivity index (χ2v) is 6.84. The van der Waals surface area contributed by atoms with E-state index in [0.717, 1.165) is 36.9 Å². The fraction of sp³-hybridized carbons (Fsp3) is 0.556. The third-order valence-corrected chi connectivity index (χ3v) is 5.05. The van der Waals surface area contributed by atoms with Crippen molar-refractivity contribution in [3.8, 4) is 0 Å². The van der Waals surface area contributed by atoms with Crippen molar-refractivity contribution < 1.29 is 4.79 Å². The van der Waals surface area contributed by atoms with E-state index in [0.29, 0.717) is 13.1 Å².